The average molecular weight is 266 g/mol. The molecule has 0 saturated carbocycles. The van der Waals surface area contributed by atoms with Gasteiger partial charge >= 0.3 is 0 Å². The van der Waals surface area contributed by atoms with Gasteiger partial charge in [-0.2, -0.15) is 4.98 Å². The van der Waals surface area contributed by atoms with Gasteiger partial charge in [0, 0.05) is 11.9 Å². The first-order chi connectivity index (χ1) is 9.65. The Kier molecular flexibility index (Phi) is 2.95. The number of anilines is 1. The van der Waals surface area contributed by atoms with E-state index in [4.69, 9.17) is 10.3 Å². The van der Waals surface area contributed by atoms with Gasteiger partial charge in [0.25, 0.3) is 5.89 Å². The van der Waals surface area contributed by atoms with Crippen molar-refractivity contribution < 1.29 is 4.52 Å². The highest BCUT2D eigenvalue weighted by Gasteiger charge is 2.15. The summed E-state index contributed by atoms with van der Waals surface area (Å²) in [5.41, 5.74) is 10.1. The molecule has 0 bridgehead atoms. The lowest BCUT2D eigenvalue weighted by atomic mass is 10.1. The molecule has 0 unspecified atom stereocenters. The minimum atomic E-state index is 0.409. The van der Waals surface area contributed by atoms with Gasteiger partial charge in [-0.25, -0.2) is 0 Å². The van der Waals surface area contributed by atoms with Gasteiger partial charge in [0.1, 0.15) is 5.69 Å². The third-order valence-electron chi connectivity index (χ3n) is 3.09. The maximum absolute atomic E-state index is 5.96. The van der Waals surface area contributed by atoms with Crippen LogP contribution in [0, 0.1) is 13.8 Å². The molecule has 0 fully saturated rings. The summed E-state index contributed by atoms with van der Waals surface area (Å²) in [4.78, 5) is 8.67. The zero-order chi connectivity index (χ0) is 14.1. The fourth-order valence-electron chi connectivity index (χ4n) is 2.00. The molecule has 0 radical (unpaired) electrons. The molecule has 3 rings (SSSR count). The van der Waals surface area contributed by atoms with Crippen LogP contribution < -0.4 is 5.73 Å². The highest BCUT2D eigenvalue weighted by atomic mass is 16.5. The second kappa shape index (κ2) is 4.77. The first-order valence-electron chi connectivity index (χ1n) is 6.27. The predicted octanol–water partition coefficient (Wildman–Crippen LogP) is 3.00. The van der Waals surface area contributed by atoms with Crippen molar-refractivity contribution in [1.29, 1.82) is 0 Å². The largest absolute Gasteiger partial charge is 0.398 e. The van der Waals surface area contributed by atoms with Gasteiger partial charge in [-0.1, -0.05) is 22.9 Å². The predicted molar refractivity (Wildman–Crippen MR) is 76.9 cm³/mol. The summed E-state index contributed by atoms with van der Waals surface area (Å²) < 4.78 is 5.31. The van der Waals surface area contributed by atoms with Crippen LogP contribution in [-0.4, -0.2) is 15.1 Å². The number of aromatic nitrogens is 3. The molecule has 0 aliphatic heterocycles. The van der Waals surface area contributed by atoms with Gasteiger partial charge in [0.15, 0.2) is 0 Å². The van der Waals surface area contributed by atoms with Crippen LogP contribution >= 0.6 is 0 Å². The number of aryl methyl sites for hydroxylation is 2. The third-order valence-corrected chi connectivity index (χ3v) is 3.09. The normalized spacial score (nSPS) is 10.7. The Balaban J connectivity index is 2.07. The molecule has 5 nitrogen and oxygen atoms in total. The molecule has 2 N–H and O–H groups in total. The maximum Gasteiger partial charge on any atom is 0.260 e. The Morgan fingerprint density at radius 3 is 2.80 bits per heavy atom. The molecular weight excluding hydrogens is 252 g/mol. The molecule has 0 aliphatic carbocycles. The minimum Gasteiger partial charge on any atom is -0.398 e. The Morgan fingerprint density at radius 1 is 1.15 bits per heavy atom. The van der Waals surface area contributed by atoms with Gasteiger partial charge in [-0.3, -0.25) is 4.98 Å². The third kappa shape index (κ3) is 2.14. The van der Waals surface area contributed by atoms with Gasteiger partial charge < -0.3 is 10.3 Å². The lowest BCUT2D eigenvalue weighted by Crippen LogP contribution is -1.92. The molecule has 0 amide bonds. The van der Waals surface area contributed by atoms with Crippen molar-refractivity contribution in [3.05, 3.63) is 47.7 Å². The summed E-state index contributed by atoms with van der Waals surface area (Å²) in [7, 11) is 0. The number of nitrogen functional groups attached to an aromatic ring is 1. The van der Waals surface area contributed by atoms with E-state index in [1.807, 2.05) is 44.2 Å². The second-order valence-corrected chi connectivity index (χ2v) is 4.68. The monoisotopic (exact) mass is 266 g/mol. The molecule has 5 heteroatoms. The number of nitrogens with zero attached hydrogens (tertiary/aromatic N) is 3. The van der Waals surface area contributed by atoms with E-state index in [1.165, 1.54) is 0 Å². The van der Waals surface area contributed by atoms with Gasteiger partial charge in [0.2, 0.25) is 5.82 Å². The lowest BCUT2D eigenvalue weighted by molar-refractivity contribution is 0.432. The standard InChI is InChI=1S/C15H14N4O/c1-9-5-6-12(16)11(8-9)15-18-14(19-20-15)13-10(2)4-3-7-17-13/h3-8H,16H2,1-2H3. The summed E-state index contributed by atoms with van der Waals surface area (Å²) >= 11 is 0. The van der Waals surface area contributed by atoms with Crippen molar-refractivity contribution in [3.8, 4) is 23.0 Å². The fraction of sp³-hybridized carbons (Fsp3) is 0.133. The first-order valence-corrected chi connectivity index (χ1v) is 6.27. The Bertz CT molecular complexity index is 764. The van der Waals surface area contributed by atoms with E-state index in [0.717, 1.165) is 16.7 Å². The van der Waals surface area contributed by atoms with Crippen molar-refractivity contribution in [2.45, 2.75) is 13.8 Å². The van der Waals surface area contributed by atoms with Crippen LogP contribution in [0.3, 0.4) is 0 Å². The average Bonchev–Trinajstić information content (AvgIpc) is 2.91. The summed E-state index contributed by atoms with van der Waals surface area (Å²) in [5, 5.41) is 3.99. The van der Waals surface area contributed by atoms with Crippen molar-refractivity contribution >= 4 is 5.69 Å². The van der Waals surface area contributed by atoms with Crippen molar-refractivity contribution in [2.75, 3.05) is 5.73 Å². The molecule has 2 aromatic heterocycles. The van der Waals surface area contributed by atoms with E-state index in [2.05, 4.69) is 15.1 Å². The zero-order valence-electron chi connectivity index (χ0n) is 11.3. The number of nitrogens with two attached hydrogens (primary N) is 1. The first kappa shape index (κ1) is 12.3. The minimum absolute atomic E-state index is 0.409. The number of pyridine rings is 1. The van der Waals surface area contributed by atoms with E-state index >= 15 is 0 Å². The SMILES string of the molecule is Cc1ccc(N)c(-c2nc(-c3ncccc3C)no2)c1. The summed E-state index contributed by atoms with van der Waals surface area (Å²) in [5.74, 6) is 0.880. The number of benzene rings is 1. The topological polar surface area (TPSA) is 77.8 Å². The van der Waals surface area contributed by atoms with Crippen LogP contribution in [0.2, 0.25) is 0 Å². The van der Waals surface area contributed by atoms with E-state index in [-0.39, 0.29) is 0 Å². The summed E-state index contributed by atoms with van der Waals surface area (Å²) in [6, 6.07) is 9.54. The quantitative estimate of drug-likeness (QED) is 0.721. The second-order valence-electron chi connectivity index (χ2n) is 4.68. The highest BCUT2D eigenvalue weighted by molar-refractivity contribution is 5.72. The van der Waals surface area contributed by atoms with Crippen LogP contribution in [0.4, 0.5) is 5.69 Å². The van der Waals surface area contributed by atoms with Crippen molar-refractivity contribution in [1.82, 2.24) is 15.1 Å². The Morgan fingerprint density at radius 2 is 2.00 bits per heavy atom. The molecule has 0 saturated heterocycles. The zero-order valence-corrected chi connectivity index (χ0v) is 11.3. The van der Waals surface area contributed by atoms with Crippen LogP contribution in [0.25, 0.3) is 23.0 Å². The molecule has 0 spiro atoms. The molecule has 0 aliphatic rings. The smallest absolute Gasteiger partial charge is 0.260 e. The van der Waals surface area contributed by atoms with Gasteiger partial charge in [-0.05, 0) is 37.6 Å². The van der Waals surface area contributed by atoms with Crippen LogP contribution in [-0.2, 0) is 0 Å². The van der Waals surface area contributed by atoms with E-state index < -0.39 is 0 Å². The lowest BCUT2D eigenvalue weighted by Gasteiger charge is -2.01. The van der Waals surface area contributed by atoms with Gasteiger partial charge in [0.05, 0.1) is 5.56 Å². The van der Waals surface area contributed by atoms with Crippen LogP contribution in [0.15, 0.2) is 41.1 Å². The van der Waals surface area contributed by atoms with Crippen molar-refractivity contribution in [2.24, 2.45) is 0 Å². The summed E-state index contributed by atoms with van der Waals surface area (Å²) in [6.07, 6.45) is 1.71. The molecule has 0 atom stereocenters. The molecule has 20 heavy (non-hydrogen) atoms. The summed E-state index contributed by atoms with van der Waals surface area (Å²) in [6.45, 7) is 3.95. The molecule has 3 aromatic rings. The highest BCUT2D eigenvalue weighted by Crippen LogP contribution is 2.27. The molecule has 1 aromatic carbocycles. The van der Waals surface area contributed by atoms with Crippen LogP contribution in [0.5, 0.6) is 0 Å². The number of hydrogen-bond acceptors (Lipinski definition) is 5. The van der Waals surface area contributed by atoms with Gasteiger partial charge in [-0.15, -0.1) is 0 Å². The van der Waals surface area contributed by atoms with Crippen LogP contribution in [0.1, 0.15) is 11.1 Å². The number of rotatable bonds is 2. The van der Waals surface area contributed by atoms with E-state index in [0.29, 0.717) is 23.1 Å². The van der Waals surface area contributed by atoms with E-state index in [9.17, 15) is 0 Å². The van der Waals surface area contributed by atoms with Crippen molar-refractivity contribution in [3.63, 3.8) is 0 Å². The maximum atomic E-state index is 5.96. The Labute approximate surface area is 116 Å². The Hall–Kier alpha value is -2.69. The fourth-order valence-corrected chi connectivity index (χ4v) is 2.00. The van der Waals surface area contributed by atoms with E-state index in [1.54, 1.807) is 6.20 Å². The molecular formula is C15H14N4O. The number of hydrogen-bond donors (Lipinski definition) is 1. The molecule has 2 heterocycles. The molecule has 100 valence electrons.